The molecule has 0 heterocycles. The first-order valence-electron chi connectivity index (χ1n) is 7.78. The standard InChI is InChI=1S/C21H18O2/c1-3-4-6-11-16-14-17(23-2)12-13-18(16)20-19(21(20)22)15-9-7-5-8-10-15/h5,7-10,12-14H,3-4H2,1-2H3. The molecule has 0 radical (unpaired) electrons. The van der Waals surface area contributed by atoms with E-state index in [1.165, 1.54) is 0 Å². The fraction of sp³-hybridized carbons (Fsp3) is 0.190. The Morgan fingerprint density at radius 2 is 1.83 bits per heavy atom. The SMILES string of the molecule is CCCC#Cc1cc(OC)ccc1-c1c(-c2ccccc2)c1=O. The number of ether oxygens (including phenoxy) is 1. The van der Waals surface area contributed by atoms with Crippen molar-refractivity contribution >= 4 is 0 Å². The van der Waals surface area contributed by atoms with Crippen LogP contribution in [0.1, 0.15) is 25.3 Å². The summed E-state index contributed by atoms with van der Waals surface area (Å²) in [6, 6.07) is 15.5. The minimum atomic E-state index is 0.111. The molecule has 0 aliphatic heterocycles. The van der Waals surface area contributed by atoms with E-state index >= 15 is 0 Å². The molecular formula is C21H18O2. The van der Waals surface area contributed by atoms with Gasteiger partial charge in [-0.2, -0.15) is 0 Å². The predicted molar refractivity (Wildman–Crippen MR) is 94.3 cm³/mol. The molecule has 0 bridgehead atoms. The lowest BCUT2D eigenvalue weighted by Gasteiger charge is -2.04. The molecule has 3 rings (SSSR count). The molecule has 0 aromatic heterocycles. The van der Waals surface area contributed by atoms with Gasteiger partial charge < -0.3 is 4.74 Å². The maximum absolute atomic E-state index is 12.3. The molecule has 0 saturated carbocycles. The summed E-state index contributed by atoms with van der Waals surface area (Å²) < 4.78 is 5.29. The lowest BCUT2D eigenvalue weighted by molar-refractivity contribution is 0.415. The lowest BCUT2D eigenvalue weighted by Crippen LogP contribution is -1.88. The predicted octanol–water partition coefficient (Wildman–Crippen LogP) is 4.42. The number of hydrogen-bond donors (Lipinski definition) is 0. The molecule has 0 aliphatic rings. The molecule has 0 fully saturated rings. The van der Waals surface area contributed by atoms with Gasteiger partial charge in [-0.25, -0.2) is 0 Å². The fourth-order valence-electron chi connectivity index (χ4n) is 2.56. The van der Waals surface area contributed by atoms with Gasteiger partial charge in [0.1, 0.15) is 5.75 Å². The van der Waals surface area contributed by atoms with E-state index in [1.807, 2.05) is 48.5 Å². The molecule has 0 amide bonds. The van der Waals surface area contributed by atoms with E-state index in [4.69, 9.17) is 4.74 Å². The highest BCUT2D eigenvalue weighted by Crippen LogP contribution is 2.37. The summed E-state index contributed by atoms with van der Waals surface area (Å²) in [6.07, 6.45) is 1.86. The van der Waals surface area contributed by atoms with Crippen LogP contribution < -0.4 is 10.2 Å². The van der Waals surface area contributed by atoms with E-state index < -0.39 is 0 Å². The van der Waals surface area contributed by atoms with Gasteiger partial charge in [-0.3, -0.25) is 4.79 Å². The van der Waals surface area contributed by atoms with Crippen molar-refractivity contribution in [1.29, 1.82) is 0 Å². The maximum atomic E-state index is 12.3. The molecule has 0 N–H and O–H groups in total. The van der Waals surface area contributed by atoms with Crippen LogP contribution in [0.2, 0.25) is 0 Å². The molecule has 0 unspecified atom stereocenters. The van der Waals surface area contributed by atoms with Gasteiger partial charge in [0.15, 0.2) is 5.43 Å². The first kappa shape index (κ1) is 15.1. The Balaban J connectivity index is 2.04. The largest absolute Gasteiger partial charge is 0.497 e. The van der Waals surface area contributed by atoms with Crippen molar-refractivity contribution < 1.29 is 4.74 Å². The summed E-state index contributed by atoms with van der Waals surface area (Å²) in [5, 5.41) is 0. The monoisotopic (exact) mass is 302 g/mol. The van der Waals surface area contributed by atoms with Crippen LogP contribution in [-0.2, 0) is 0 Å². The summed E-state index contributed by atoms with van der Waals surface area (Å²) >= 11 is 0. The van der Waals surface area contributed by atoms with Crippen molar-refractivity contribution in [3.8, 4) is 39.8 Å². The van der Waals surface area contributed by atoms with Crippen molar-refractivity contribution in [3.63, 3.8) is 0 Å². The Morgan fingerprint density at radius 3 is 2.52 bits per heavy atom. The molecule has 3 aromatic rings. The van der Waals surface area contributed by atoms with Crippen LogP contribution >= 0.6 is 0 Å². The maximum Gasteiger partial charge on any atom is 0.195 e. The summed E-state index contributed by atoms with van der Waals surface area (Å²) in [4.78, 5) is 12.3. The van der Waals surface area contributed by atoms with Gasteiger partial charge in [-0.05, 0) is 30.2 Å². The van der Waals surface area contributed by atoms with E-state index in [9.17, 15) is 4.79 Å². The van der Waals surface area contributed by atoms with Gasteiger partial charge in [-0.1, -0.05) is 49.1 Å². The highest BCUT2D eigenvalue weighted by atomic mass is 16.5. The van der Waals surface area contributed by atoms with Gasteiger partial charge in [0.25, 0.3) is 0 Å². The van der Waals surface area contributed by atoms with Crippen LogP contribution in [0.5, 0.6) is 5.75 Å². The second kappa shape index (κ2) is 6.54. The van der Waals surface area contributed by atoms with E-state index in [2.05, 4.69) is 18.8 Å². The Morgan fingerprint density at radius 1 is 1.04 bits per heavy atom. The molecule has 114 valence electrons. The fourth-order valence-corrected chi connectivity index (χ4v) is 2.56. The molecule has 0 aliphatic carbocycles. The van der Waals surface area contributed by atoms with Crippen LogP contribution in [-0.4, -0.2) is 7.11 Å². The second-order valence-corrected chi connectivity index (χ2v) is 5.41. The van der Waals surface area contributed by atoms with Gasteiger partial charge >= 0.3 is 0 Å². The van der Waals surface area contributed by atoms with Crippen molar-refractivity contribution in [1.82, 2.24) is 0 Å². The average molecular weight is 302 g/mol. The summed E-state index contributed by atoms with van der Waals surface area (Å²) in [5.74, 6) is 7.10. The summed E-state index contributed by atoms with van der Waals surface area (Å²) in [7, 11) is 1.63. The topological polar surface area (TPSA) is 26.3 Å². The first-order valence-corrected chi connectivity index (χ1v) is 7.78. The number of methoxy groups -OCH3 is 1. The lowest BCUT2D eigenvalue weighted by atomic mass is 10.0. The smallest absolute Gasteiger partial charge is 0.195 e. The van der Waals surface area contributed by atoms with E-state index in [0.29, 0.717) is 0 Å². The summed E-state index contributed by atoms with van der Waals surface area (Å²) in [6.45, 7) is 2.10. The third-order valence-corrected chi connectivity index (χ3v) is 3.80. The third kappa shape index (κ3) is 3.05. The number of unbranched alkanes of at least 4 members (excludes halogenated alkanes) is 1. The number of rotatable bonds is 4. The zero-order chi connectivity index (χ0) is 16.2. The van der Waals surface area contributed by atoms with Crippen molar-refractivity contribution in [2.75, 3.05) is 7.11 Å². The minimum Gasteiger partial charge on any atom is -0.497 e. The van der Waals surface area contributed by atoms with Crippen LogP contribution in [0.3, 0.4) is 0 Å². The minimum absolute atomic E-state index is 0.111. The van der Waals surface area contributed by atoms with E-state index in [-0.39, 0.29) is 5.43 Å². The van der Waals surface area contributed by atoms with Crippen LogP contribution in [0, 0.1) is 11.8 Å². The molecule has 3 aromatic carbocycles. The van der Waals surface area contributed by atoms with Gasteiger partial charge in [0.2, 0.25) is 0 Å². The van der Waals surface area contributed by atoms with Gasteiger partial charge in [0, 0.05) is 28.7 Å². The van der Waals surface area contributed by atoms with Crippen LogP contribution in [0.25, 0.3) is 22.3 Å². The first-order chi connectivity index (χ1) is 11.3. The zero-order valence-electron chi connectivity index (χ0n) is 13.3. The van der Waals surface area contributed by atoms with Gasteiger partial charge in [-0.15, -0.1) is 0 Å². The Bertz CT molecular complexity index is 885. The molecule has 2 nitrogen and oxygen atoms in total. The van der Waals surface area contributed by atoms with Gasteiger partial charge in [0.05, 0.1) is 7.11 Å². The molecule has 2 heteroatoms. The average Bonchev–Trinajstić information content (AvgIpc) is 3.26. The van der Waals surface area contributed by atoms with E-state index in [1.54, 1.807) is 7.11 Å². The summed E-state index contributed by atoms with van der Waals surface area (Å²) in [5.41, 5.74) is 4.41. The van der Waals surface area contributed by atoms with Crippen LogP contribution in [0.4, 0.5) is 0 Å². The number of hydrogen-bond acceptors (Lipinski definition) is 2. The highest BCUT2D eigenvalue weighted by molar-refractivity contribution is 5.96. The molecule has 0 atom stereocenters. The van der Waals surface area contributed by atoms with Crippen molar-refractivity contribution in [2.24, 2.45) is 0 Å². The van der Waals surface area contributed by atoms with E-state index in [0.717, 1.165) is 46.4 Å². The quantitative estimate of drug-likeness (QED) is 0.667. The van der Waals surface area contributed by atoms with Crippen molar-refractivity contribution in [3.05, 3.63) is 64.3 Å². The second-order valence-electron chi connectivity index (χ2n) is 5.41. The number of benzene rings is 2. The Hall–Kier alpha value is -2.79. The molecule has 0 saturated heterocycles. The van der Waals surface area contributed by atoms with Crippen LogP contribution in [0.15, 0.2) is 53.3 Å². The molecular weight excluding hydrogens is 284 g/mol. The van der Waals surface area contributed by atoms with Crippen molar-refractivity contribution in [2.45, 2.75) is 19.8 Å². The molecule has 0 spiro atoms. The Kier molecular flexibility index (Phi) is 4.30. The zero-order valence-corrected chi connectivity index (χ0v) is 13.3. The molecule has 23 heavy (non-hydrogen) atoms. The third-order valence-electron chi connectivity index (χ3n) is 3.80. The highest BCUT2D eigenvalue weighted by Gasteiger charge is 2.26. The normalized spacial score (nSPS) is 10.3. The Labute approximate surface area is 136 Å².